The molecule has 15 heavy (non-hydrogen) atoms. The molecule has 0 radical (unpaired) electrons. The molecule has 1 heterocycles. The molecule has 0 spiro atoms. The summed E-state index contributed by atoms with van der Waals surface area (Å²) < 4.78 is 0. The van der Waals surface area contributed by atoms with E-state index < -0.39 is 0 Å². The summed E-state index contributed by atoms with van der Waals surface area (Å²) in [6, 6.07) is 6.99. The van der Waals surface area contributed by atoms with Crippen LogP contribution in [0.4, 0.5) is 0 Å². The number of hydrogen-bond donors (Lipinski definition) is 2. The quantitative estimate of drug-likeness (QED) is 0.764. The summed E-state index contributed by atoms with van der Waals surface area (Å²) >= 11 is 0. The highest BCUT2D eigenvalue weighted by atomic mass is 16.3. The fourth-order valence-electron chi connectivity index (χ4n) is 1.79. The summed E-state index contributed by atoms with van der Waals surface area (Å²) in [5.74, 6) is 0.336. The topological polar surface area (TPSA) is 52.6 Å². The van der Waals surface area contributed by atoms with Gasteiger partial charge in [-0.2, -0.15) is 0 Å². The van der Waals surface area contributed by atoms with Crippen LogP contribution in [0.2, 0.25) is 0 Å². The third kappa shape index (κ3) is 1.94. The lowest BCUT2D eigenvalue weighted by Crippen LogP contribution is -2.34. The lowest BCUT2D eigenvalue weighted by atomic mass is 10.1. The normalized spacial score (nSPS) is 21.0. The monoisotopic (exact) mass is 206 g/mol. The summed E-state index contributed by atoms with van der Waals surface area (Å²) in [6.45, 7) is 2.59. The minimum atomic E-state index is -0.00968. The molecular weight excluding hydrogens is 192 g/mol. The average molecular weight is 206 g/mol. The van der Waals surface area contributed by atoms with Gasteiger partial charge >= 0.3 is 0 Å². The Balaban J connectivity index is 2.17. The van der Waals surface area contributed by atoms with Crippen molar-refractivity contribution in [2.45, 2.75) is 19.4 Å². The summed E-state index contributed by atoms with van der Waals surface area (Å²) in [5.41, 5.74) is 4.05. The third-order valence-corrected chi connectivity index (χ3v) is 2.58. The number of amides is 1. The van der Waals surface area contributed by atoms with Gasteiger partial charge in [0.2, 0.25) is 5.91 Å². The molecule has 2 rings (SSSR count). The van der Waals surface area contributed by atoms with E-state index in [0.29, 0.717) is 13.0 Å². The van der Waals surface area contributed by atoms with Crippen LogP contribution in [0.5, 0.6) is 5.75 Å². The van der Waals surface area contributed by atoms with Crippen molar-refractivity contribution in [1.82, 2.24) is 10.4 Å². The molecule has 1 saturated heterocycles. The average Bonchev–Trinajstić information content (AvgIpc) is 2.60. The summed E-state index contributed by atoms with van der Waals surface area (Å²) in [7, 11) is 0. The van der Waals surface area contributed by atoms with Crippen molar-refractivity contribution in [3.63, 3.8) is 0 Å². The minimum absolute atomic E-state index is 0.00968. The zero-order chi connectivity index (χ0) is 10.8. The second-order valence-electron chi connectivity index (χ2n) is 3.62. The number of hydrogen-bond acceptors (Lipinski definition) is 3. The predicted molar refractivity (Wildman–Crippen MR) is 56.0 cm³/mol. The first-order valence-electron chi connectivity index (χ1n) is 5.06. The van der Waals surface area contributed by atoms with Crippen molar-refractivity contribution in [1.29, 1.82) is 0 Å². The van der Waals surface area contributed by atoms with E-state index in [-0.39, 0.29) is 17.7 Å². The first-order chi connectivity index (χ1) is 7.20. The summed E-state index contributed by atoms with van der Waals surface area (Å²) in [4.78, 5) is 11.5. The van der Waals surface area contributed by atoms with E-state index in [1.54, 1.807) is 23.2 Å². The lowest BCUT2D eigenvalue weighted by Gasteiger charge is -2.15. The van der Waals surface area contributed by atoms with Crippen molar-refractivity contribution < 1.29 is 9.90 Å². The fourth-order valence-corrected chi connectivity index (χ4v) is 1.79. The van der Waals surface area contributed by atoms with Crippen LogP contribution in [-0.4, -0.2) is 22.6 Å². The third-order valence-electron chi connectivity index (χ3n) is 2.58. The maximum Gasteiger partial charge on any atom is 0.238 e. The van der Waals surface area contributed by atoms with Gasteiger partial charge in [0.15, 0.2) is 0 Å². The maximum atomic E-state index is 11.5. The Hall–Kier alpha value is -1.55. The second kappa shape index (κ2) is 3.90. The number of aromatic hydroxyl groups is 1. The molecule has 80 valence electrons. The number of phenolic OH excluding ortho intramolecular Hbond substituents is 1. The Labute approximate surface area is 88.5 Å². The highest BCUT2D eigenvalue weighted by molar-refractivity contribution is 5.78. The SMILES string of the molecule is CCN1NC(c2cccc(O)c2)CC1=O. The highest BCUT2D eigenvalue weighted by Gasteiger charge is 2.28. The van der Waals surface area contributed by atoms with E-state index in [2.05, 4.69) is 5.43 Å². The van der Waals surface area contributed by atoms with Crippen LogP contribution in [0.25, 0.3) is 0 Å². The van der Waals surface area contributed by atoms with Gasteiger partial charge in [-0.1, -0.05) is 12.1 Å². The smallest absolute Gasteiger partial charge is 0.238 e. The van der Waals surface area contributed by atoms with Gasteiger partial charge in [0.25, 0.3) is 0 Å². The van der Waals surface area contributed by atoms with E-state index in [9.17, 15) is 9.90 Å². The number of nitrogens with one attached hydrogen (secondary N) is 1. The number of hydrazine groups is 1. The van der Waals surface area contributed by atoms with Gasteiger partial charge < -0.3 is 5.11 Å². The molecule has 1 atom stereocenters. The molecule has 1 fully saturated rings. The molecule has 4 heteroatoms. The van der Waals surface area contributed by atoms with Gasteiger partial charge in [-0.25, -0.2) is 5.43 Å². The van der Waals surface area contributed by atoms with Gasteiger partial charge in [0, 0.05) is 13.0 Å². The van der Waals surface area contributed by atoms with Crippen molar-refractivity contribution >= 4 is 5.91 Å². The first kappa shape index (κ1) is 9.98. The molecule has 1 aromatic carbocycles. The molecule has 0 saturated carbocycles. The van der Waals surface area contributed by atoms with Crippen LogP contribution >= 0.6 is 0 Å². The van der Waals surface area contributed by atoms with Crippen LogP contribution in [0.15, 0.2) is 24.3 Å². The van der Waals surface area contributed by atoms with E-state index in [1.165, 1.54) is 0 Å². The predicted octanol–water partition coefficient (Wildman–Crippen LogP) is 1.19. The number of rotatable bonds is 2. The van der Waals surface area contributed by atoms with Gasteiger partial charge in [-0.3, -0.25) is 9.80 Å². The zero-order valence-corrected chi connectivity index (χ0v) is 8.60. The van der Waals surface area contributed by atoms with Crippen LogP contribution in [0.3, 0.4) is 0 Å². The van der Waals surface area contributed by atoms with Crippen LogP contribution in [-0.2, 0) is 4.79 Å². The summed E-state index contributed by atoms with van der Waals surface area (Å²) in [6.07, 6.45) is 0.456. The lowest BCUT2D eigenvalue weighted by molar-refractivity contribution is -0.129. The standard InChI is InChI=1S/C11H14N2O2/c1-2-13-11(15)7-10(12-13)8-4-3-5-9(14)6-8/h3-6,10,12,14H,2,7H2,1H3. The largest absolute Gasteiger partial charge is 0.508 e. The van der Waals surface area contributed by atoms with Crippen LogP contribution in [0, 0.1) is 0 Å². The molecular formula is C11H14N2O2. The Kier molecular flexibility index (Phi) is 2.60. The van der Waals surface area contributed by atoms with Crippen LogP contribution < -0.4 is 5.43 Å². The van der Waals surface area contributed by atoms with E-state index in [4.69, 9.17) is 0 Å². The molecule has 0 aliphatic carbocycles. The maximum absolute atomic E-state index is 11.5. The molecule has 2 N–H and O–H groups in total. The number of benzene rings is 1. The molecule has 0 aromatic heterocycles. The zero-order valence-electron chi connectivity index (χ0n) is 8.60. The Morgan fingerprint density at radius 3 is 3.00 bits per heavy atom. The first-order valence-corrected chi connectivity index (χ1v) is 5.06. The fraction of sp³-hybridized carbons (Fsp3) is 0.364. The number of carbonyl (C=O) groups is 1. The van der Waals surface area contributed by atoms with Crippen LogP contribution in [0.1, 0.15) is 24.9 Å². The second-order valence-corrected chi connectivity index (χ2v) is 3.62. The number of carbonyl (C=O) groups excluding carboxylic acids is 1. The van der Waals surface area contributed by atoms with Gasteiger partial charge in [-0.05, 0) is 24.6 Å². The molecule has 1 aliphatic rings. The Morgan fingerprint density at radius 2 is 2.40 bits per heavy atom. The van der Waals surface area contributed by atoms with Gasteiger partial charge in [-0.15, -0.1) is 0 Å². The van der Waals surface area contributed by atoms with E-state index in [1.807, 2.05) is 13.0 Å². The van der Waals surface area contributed by atoms with Crippen molar-refractivity contribution in [2.24, 2.45) is 0 Å². The molecule has 1 unspecified atom stereocenters. The van der Waals surface area contributed by atoms with Gasteiger partial charge in [0.05, 0.1) is 6.04 Å². The minimum Gasteiger partial charge on any atom is -0.508 e. The van der Waals surface area contributed by atoms with E-state index in [0.717, 1.165) is 5.56 Å². The Bertz CT molecular complexity index is 379. The molecule has 0 bridgehead atoms. The number of phenols is 1. The Morgan fingerprint density at radius 1 is 1.60 bits per heavy atom. The van der Waals surface area contributed by atoms with Crippen molar-refractivity contribution in [3.8, 4) is 5.75 Å². The molecule has 1 aromatic rings. The summed E-state index contributed by atoms with van der Waals surface area (Å²) in [5, 5.41) is 10.9. The molecule has 1 aliphatic heterocycles. The highest BCUT2D eigenvalue weighted by Crippen LogP contribution is 2.25. The molecule has 4 nitrogen and oxygen atoms in total. The van der Waals surface area contributed by atoms with Gasteiger partial charge in [0.1, 0.15) is 5.75 Å². The van der Waals surface area contributed by atoms with Crippen molar-refractivity contribution in [3.05, 3.63) is 29.8 Å². The van der Waals surface area contributed by atoms with E-state index >= 15 is 0 Å². The van der Waals surface area contributed by atoms with Crippen molar-refractivity contribution in [2.75, 3.05) is 6.54 Å². The number of nitrogens with zero attached hydrogens (tertiary/aromatic N) is 1. The molecule has 1 amide bonds.